The number of hydrogen-bond acceptors (Lipinski definition) is 5. The first-order chi connectivity index (χ1) is 14.6. The number of piperazine rings is 1. The topological polar surface area (TPSA) is 51.2 Å². The van der Waals surface area contributed by atoms with Crippen molar-refractivity contribution in [2.75, 3.05) is 50.9 Å². The van der Waals surface area contributed by atoms with E-state index in [-0.39, 0.29) is 5.91 Å². The van der Waals surface area contributed by atoms with Crippen LogP contribution in [-0.2, 0) is 0 Å². The van der Waals surface area contributed by atoms with Crippen LogP contribution in [-0.4, -0.2) is 56.8 Å². The van der Waals surface area contributed by atoms with Crippen molar-refractivity contribution in [1.82, 2.24) is 4.90 Å². The number of halogens is 1. The lowest BCUT2D eigenvalue weighted by Gasteiger charge is -2.36. The van der Waals surface area contributed by atoms with Crippen LogP contribution in [0, 0.1) is 0 Å². The highest BCUT2D eigenvalue weighted by molar-refractivity contribution is 6.30. The first-order valence-electron chi connectivity index (χ1n) is 10.4. The quantitative estimate of drug-likeness (QED) is 0.614. The molecule has 1 aliphatic heterocycles. The predicted octanol–water partition coefficient (Wildman–Crippen LogP) is 4.50. The Morgan fingerprint density at radius 1 is 0.867 bits per heavy atom. The van der Waals surface area contributed by atoms with Crippen molar-refractivity contribution in [3.05, 3.63) is 47.0 Å². The van der Waals surface area contributed by atoms with E-state index in [0.29, 0.717) is 55.7 Å². The number of anilines is 1. The van der Waals surface area contributed by atoms with Gasteiger partial charge in [-0.2, -0.15) is 0 Å². The van der Waals surface area contributed by atoms with Gasteiger partial charge in [0, 0.05) is 42.5 Å². The Kier molecular flexibility index (Phi) is 7.69. The van der Waals surface area contributed by atoms with E-state index < -0.39 is 0 Å². The highest BCUT2D eigenvalue weighted by atomic mass is 35.5. The van der Waals surface area contributed by atoms with E-state index in [9.17, 15) is 4.79 Å². The maximum atomic E-state index is 13.2. The molecule has 0 bridgehead atoms. The lowest BCUT2D eigenvalue weighted by molar-refractivity contribution is 0.0745. The molecule has 1 saturated heterocycles. The lowest BCUT2D eigenvalue weighted by Crippen LogP contribution is -2.48. The normalized spacial score (nSPS) is 13.9. The van der Waals surface area contributed by atoms with E-state index in [4.69, 9.17) is 25.8 Å². The molecular weight excluding hydrogens is 404 g/mol. The zero-order valence-electron chi connectivity index (χ0n) is 17.8. The van der Waals surface area contributed by atoms with E-state index in [1.807, 2.05) is 49.9 Å². The Morgan fingerprint density at radius 3 is 1.90 bits per heavy atom. The Morgan fingerprint density at radius 2 is 1.40 bits per heavy atom. The second kappa shape index (κ2) is 10.4. The Labute approximate surface area is 183 Å². The molecule has 0 unspecified atom stereocenters. The number of amides is 1. The molecule has 162 valence electrons. The highest BCUT2D eigenvalue weighted by Gasteiger charge is 2.25. The van der Waals surface area contributed by atoms with Gasteiger partial charge in [-0.1, -0.05) is 11.6 Å². The summed E-state index contributed by atoms with van der Waals surface area (Å²) in [5.74, 6) is 1.59. The molecule has 0 saturated carbocycles. The third-order valence-corrected chi connectivity index (χ3v) is 5.17. The molecule has 0 aromatic heterocycles. The minimum atomic E-state index is -0.0317. The average Bonchev–Trinajstić information content (AvgIpc) is 2.76. The second-order valence-corrected chi connectivity index (χ2v) is 7.29. The number of ether oxygens (including phenoxy) is 3. The van der Waals surface area contributed by atoms with Gasteiger partial charge < -0.3 is 24.0 Å². The minimum absolute atomic E-state index is 0.0317. The number of nitrogens with zero attached hydrogens (tertiary/aromatic N) is 2. The summed E-state index contributed by atoms with van der Waals surface area (Å²) in [6.07, 6.45) is 0. The van der Waals surface area contributed by atoms with Gasteiger partial charge in [-0.15, -0.1) is 0 Å². The number of rotatable bonds is 8. The first kappa shape index (κ1) is 22.1. The van der Waals surface area contributed by atoms with Gasteiger partial charge in [0.25, 0.3) is 5.91 Å². The van der Waals surface area contributed by atoms with E-state index in [1.165, 1.54) is 0 Å². The molecule has 1 heterocycles. The Balaban J connectivity index is 1.76. The van der Waals surface area contributed by atoms with Gasteiger partial charge in [-0.05, 0) is 57.2 Å². The number of benzene rings is 2. The Hall–Kier alpha value is -2.60. The van der Waals surface area contributed by atoms with Gasteiger partial charge in [0.2, 0.25) is 5.75 Å². The monoisotopic (exact) mass is 432 g/mol. The lowest BCUT2D eigenvalue weighted by atomic mass is 10.1. The molecule has 0 atom stereocenters. The van der Waals surface area contributed by atoms with Gasteiger partial charge in [0.1, 0.15) is 0 Å². The summed E-state index contributed by atoms with van der Waals surface area (Å²) in [5.41, 5.74) is 1.66. The van der Waals surface area contributed by atoms with Crippen molar-refractivity contribution in [2.45, 2.75) is 20.8 Å². The summed E-state index contributed by atoms with van der Waals surface area (Å²) >= 11 is 5.98. The first-order valence-corrected chi connectivity index (χ1v) is 10.8. The third-order valence-electron chi connectivity index (χ3n) is 4.91. The van der Waals surface area contributed by atoms with Gasteiger partial charge in [-0.3, -0.25) is 4.79 Å². The van der Waals surface area contributed by atoms with Crippen molar-refractivity contribution >= 4 is 23.2 Å². The largest absolute Gasteiger partial charge is 0.490 e. The summed E-state index contributed by atoms with van der Waals surface area (Å²) in [4.78, 5) is 17.3. The van der Waals surface area contributed by atoms with E-state index in [0.717, 1.165) is 23.8 Å². The molecule has 30 heavy (non-hydrogen) atoms. The zero-order valence-corrected chi connectivity index (χ0v) is 18.6. The van der Waals surface area contributed by atoms with Gasteiger partial charge in [0.05, 0.1) is 19.8 Å². The number of carbonyl (C=O) groups excluding carboxylic acids is 1. The maximum absolute atomic E-state index is 13.2. The zero-order chi connectivity index (χ0) is 21.5. The van der Waals surface area contributed by atoms with Crippen LogP contribution in [0.4, 0.5) is 5.69 Å². The SMILES string of the molecule is CCOc1cc(C(=O)N2CCN(c3ccc(Cl)cc3)CC2)cc(OCC)c1OCC. The summed E-state index contributed by atoms with van der Waals surface area (Å²) in [5, 5.41) is 0.721. The van der Waals surface area contributed by atoms with Crippen molar-refractivity contribution in [1.29, 1.82) is 0 Å². The van der Waals surface area contributed by atoms with Crippen LogP contribution in [0.1, 0.15) is 31.1 Å². The molecular formula is C23H29ClN2O4. The molecule has 1 aliphatic rings. The molecule has 1 amide bonds. The van der Waals surface area contributed by atoms with E-state index >= 15 is 0 Å². The number of hydrogen-bond donors (Lipinski definition) is 0. The summed E-state index contributed by atoms with van der Waals surface area (Å²) in [7, 11) is 0. The molecule has 3 rings (SSSR count). The smallest absolute Gasteiger partial charge is 0.254 e. The standard InChI is InChI=1S/C23H29ClN2O4/c1-4-28-20-15-17(16-21(29-5-2)22(20)30-6-3)23(27)26-13-11-25(12-14-26)19-9-7-18(24)8-10-19/h7-10,15-16H,4-6,11-14H2,1-3H3. The van der Waals surface area contributed by atoms with Crippen molar-refractivity contribution in [2.24, 2.45) is 0 Å². The second-order valence-electron chi connectivity index (χ2n) is 6.86. The van der Waals surface area contributed by atoms with Crippen LogP contribution < -0.4 is 19.1 Å². The van der Waals surface area contributed by atoms with Gasteiger partial charge in [-0.25, -0.2) is 0 Å². The van der Waals surface area contributed by atoms with Gasteiger partial charge in [0.15, 0.2) is 11.5 Å². The van der Waals surface area contributed by atoms with E-state index in [1.54, 1.807) is 12.1 Å². The fraction of sp³-hybridized carbons (Fsp3) is 0.435. The molecule has 0 spiro atoms. The van der Waals surface area contributed by atoms with Crippen LogP contribution in [0.2, 0.25) is 5.02 Å². The average molecular weight is 433 g/mol. The Bertz CT molecular complexity index is 822. The molecule has 6 nitrogen and oxygen atoms in total. The summed E-state index contributed by atoms with van der Waals surface area (Å²) < 4.78 is 17.2. The molecule has 0 radical (unpaired) electrons. The molecule has 7 heteroatoms. The predicted molar refractivity (Wildman–Crippen MR) is 120 cm³/mol. The van der Waals surface area contributed by atoms with Crippen LogP contribution >= 0.6 is 11.6 Å². The van der Waals surface area contributed by atoms with Crippen LogP contribution in [0.5, 0.6) is 17.2 Å². The summed E-state index contributed by atoms with van der Waals surface area (Å²) in [6, 6.07) is 11.3. The number of carbonyl (C=O) groups is 1. The fourth-order valence-electron chi connectivity index (χ4n) is 3.51. The molecule has 1 fully saturated rings. The van der Waals surface area contributed by atoms with E-state index in [2.05, 4.69) is 4.90 Å². The van der Waals surface area contributed by atoms with Crippen LogP contribution in [0.25, 0.3) is 0 Å². The van der Waals surface area contributed by atoms with Crippen molar-refractivity contribution in [3.8, 4) is 17.2 Å². The fourth-order valence-corrected chi connectivity index (χ4v) is 3.64. The van der Waals surface area contributed by atoms with Crippen molar-refractivity contribution < 1.29 is 19.0 Å². The molecule has 2 aromatic rings. The highest BCUT2D eigenvalue weighted by Crippen LogP contribution is 2.39. The molecule has 2 aromatic carbocycles. The minimum Gasteiger partial charge on any atom is -0.490 e. The van der Waals surface area contributed by atoms with Crippen LogP contribution in [0.15, 0.2) is 36.4 Å². The van der Waals surface area contributed by atoms with Crippen molar-refractivity contribution in [3.63, 3.8) is 0 Å². The maximum Gasteiger partial charge on any atom is 0.254 e. The molecule has 0 aliphatic carbocycles. The third kappa shape index (κ3) is 5.11. The summed E-state index contributed by atoms with van der Waals surface area (Å²) in [6.45, 7) is 9.96. The van der Waals surface area contributed by atoms with Crippen LogP contribution in [0.3, 0.4) is 0 Å². The molecule has 0 N–H and O–H groups in total. The van der Waals surface area contributed by atoms with Gasteiger partial charge >= 0.3 is 0 Å².